The Morgan fingerprint density at radius 3 is 2.52 bits per heavy atom. The van der Waals surface area contributed by atoms with Gasteiger partial charge in [0.1, 0.15) is 5.82 Å². The van der Waals surface area contributed by atoms with Gasteiger partial charge in [-0.05, 0) is 29.8 Å². The summed E-state index contributed by atoms with van der Waals surface area (Å²) in [6, 6.07) is 12.3. The summed E-state index contributed by atoms with van der Waals surface area (Å²) in [5.41, 5.74) is 1.65. The van der Waals surface area contributed by atoms with Crippen molar-refractivity contribution >= 4 is 52.6 Å². The normalized spacial score (nSPS) is 10.7. The number of hydrogen-bond donors (Lipinski definition) is 1. The van der Waals surface area contributed by atoms with Crippen molar-refractivity contribution in [1.29, 1.82) is 0 Å². The molecule has 2 rings (SSSR count). The predicted octanol–water partition coefficient (Wildman–Crippen LogP) is 5.42. The van der Waals surface area contributed by atoms with Crippen molar-refractivity contribution in [1.82, 2.24) is 5.32 Å². The number of thioether (sulfide) groups is 2. The van der Waals surface area contributed by atoms with Crippen LogP contribution >= 0.6 is 46.7 Å². The van der Waals surface area contributed by atoms with E-state index in [4.69, 9.17) is 23.2 Å². The van der Waals surface area contributed by atoms with Crippen molar-refractivity contribution in [3.8, 4) is 0 Å². The van der Waals surface area contributed by atoms with Crippen LogP contribution in [0.4, 0.5) is 4.39 Å². The Morgan fingerprint density at radius 1 is 1.04 bits per heavy atom. The summed E-state index contributed by atoms with van der Waals surface area (Å²) in [6.07, 6.45) is 0. The number of rotatable bonds is 9. The maximum Gasteiger partial charge on any atom is 0.230 e. The fourth-order valence-corrected chi connectivity index (χ4v) is 4.14. The molecule has 0 aromatic heterocycles. The molecular weight excluding hydrogens is 400 g/mol. The van der Waals surface area contributed by atoms with Crippen molar-refractivity contribution in [2.45, 2.75) is 11.5 Å². The lowest BCUT2D eigenvalue weighted by atomic mass is 10.2. The number of amides is 1. The summed E-state index contributed by atoms with van der Waals surface area (Å²) in [6.45, 7) is 0.553. The molecule has 2 aromatic carbocycles. The highest BCUT2D eigenvalue weighted by Crippen LogP contribution is 2.23. The Morgan fingerprint density at radius 2 is 1.80 bits per heavy atom. The van der Waals surface area contributed by atoms with Crippen LogP contribution in [0, 0.1) is 5.82 Å². The summed E-state index contributed by atoms with van der Waals surface area (Å²) < 4.78 is 13.6. The zero-order chi connectivity index (χ0) is 18.1. The third-order valence-corrected chi connectivity index (χ3v) is 5.89. The number of hydrogen-bond acceptors (Lipinski definition) is 3. The second kappa shape index (κ2) is 11.0. The zero-order valence-electron chi connectivity index (χ0n) is 13.4. The molecule has 0 unspecified atom stereocenters. The molecular formula is C18H18Cl2FNOS2. The predicted molar refractivity (Wildman–Crippen MR) is 108 cm³/mol. The summed E-state index contributed by atoms with van der Waals surface area (Å²) in [5.74, 6) is 2.09. The number of carbonyl (C=O) groups is 1. The highest BCUT2D eigenvalue weighted by atomic mass is 35.5. The van der Waals surface area contributed by atoms with Crippen LogP contribution in [0.3, 0.4) is 0 Å². The largest absolute Gasteiger partial charge is 0.355 e. The summed E-state index contributed by atoms with van der Waals surface area (Å²) in [7, 11) is 0. The maximum atomic E-state index is 13.6. The van der Waals surface area contributed by atoms with Crippen molar-refractivity contribution in [2.24, 2.45) is 0 Å². The second-order valence-electron chi connectivity index (χ2n) is 5.22. The minimum Gasteiger partial charge on any atom is -0.355 e. The molecule has 0 saturated heterocycles. The molecule has 7 heteroatoms. The fourth-order valence-electron chi connectivity index (χ4n) is 2.00. The Balaban J connectivity index is 1.57. The van der Waals surface area contributed by atoms with E-state index >= 15 is 0 Å². The number of carbonyl (C=O) groups excluding carboxylic acids is 1. The Bertz CT molecular complexity index is 678. The highest BCUT2D eigenvalue weighted by molar-refractivity contribution is 7.99. The molecule has 0 aliphatic rings. The molecule has 0 radical (unpaired) electrons. The van der Waals surface area contributed by atoms with Gasteiger partial charge in [-0.15, -0.1) is 11.8 Å². The van der Waals surface area contributed by atoms with Gasteiger partial charge in [0.15, 0.2) is 0 Å². The third kappa shape index (κ3) is 7.48. The molecule has 0 spiro atoms. The number of nitrogens with one attached hydrogen (secondary N) is 1. The molecule has 134 valence electrons. The van der Waals surface area contributed by atoms with Gasteiger partial charge >= 0.3 is 0 Å². The number of benzene rings is 2. The van der Waals surface area contributed by atoms with Crippen LogP contribution < -0.4 is 5.32 Å². The second-order valence-corrected chi connectivity index (χ2v) is 8.16. The van der Waals surface area contributed by atoms with E-state index in [9.17, 15) is 9.18 Å². The molecule has 0 aliphatic carbocycles. The van der Waals surface area contributed by atoms with Gasteiger partial charge in [0.05, 0.1) is 5.75 Å². The van der Waals surface area contributed by atoms with Crippen LogP contribution in [0.15, 0.2) is 42.5 Å². The van der Waals surface area contributed by atoms with Crippen LogP contribution in [0.25, 0.3) is 0 Å². The topological polar surface area (TPSA) is 29.1 Å². The van der Waals surface area contributed by atoms with Crippen LogP contribution in [0.1, 0.15) is 11.1 Å². The Hall–Kier alpha value is -0.880. The van der Waals surface area contributed by atoms with E-state index in [1.807, 2.05) is 24.3 Å². The molecule has 25 heavy (non-hydrogen) atoms. The molecule has 0 bridgehead atoms. The van der Waals surface area contributed by atoms with Gasteiger partial charge in [-0.2, -0.15) is 11.8 Å². The third-order valence-electron chi connectivity index (χ3n) is 3.29. The van der Waals surface area contributed by atoms with Gasteiger partial charge in [0.2, 0.25) is 5.91 Å². The lowest BCUT2D eigenvalue weighted by molar-refractivity contribution is -0.118. The van der Waals surface area contributed by atoms with Crippen LogP contribution in [-0.4, -0.2) is 24.0 Å². The van der Waals surface area contributed by atoms with Crippen molar-refractivity contribution < 1.29 is 9.18 Å². The van der Waals surface area contributed by atoms with Gasteiger partial charge in [0.25, 0.3) is 0 Å². The van der Waals surface area contributed by atoms with Gasteiger partial charge in [-0.3, -0.25) is 4.79 Å². The molecule has 1 amide bonds. The molecule has 0 aliphatic heterocycles. The Labute approximate surface area is 165 Å². The molecule has 0 atom stereocenters. The number of halogens is 3. The molecule has 0 heterocycles. The first-order valence-electron chi connectivity index (χ1n) is 7.66. The first kappa shape index (κ1) is 20.4. The van der Waals surface area contributed by atoms with E-state index in [0.717, 1.165) is 11.3 Å². The van der Waals surface area contributed by atoms with Gasteiger partial charge in [0, 0.05) is 39.4 Å². The first-order valence-corrected chi connectivity index (χ1v) is 10.7. The van der Waals surface area contributed by atoms with Crippen LogP contribution in [0.2, 0.25) is 10.0 Å². The molecule has 2 aromatic rings. The van der Waals surface area contributed by atoms with Gasteiger partial charge in [-0.25, -0.2) is 4.39 Å². The van der Waals surface area contributed by atoms with Crippen LogP contribution in [0.5, 0.6) is 0 Å². The SMILES string of the molecule is O=C(CSCc1ccc(Cl)cc1)NCCSCc1c(F)cccc1Cl. The monoisotopic (exact) mass is 417 g/mol. The molecule has 0 saturated carbocycles. The lowest BCUT2D eigenvalue weighted by Crippen LogP contribution is -2.27. The average Bonchev–Trinajstić information content (AvgIpc) is 2.58. The fraction of sp³-hybridized carbons (Fsp3) is 0.278. The zero-order valence-corrected chi connectivity index (χ0v) is 16.6. The Kier molecular flexibility index (Phi) is 8.96. The first-order chi connectivity index (χ1) is 12.1. The smallest absolute Gasteiger partial charge is 0.230 e. The van der Waals surface area contributed by atoms with E-state index in [2.05, 4.69) is 5.32 Å². The maximum absolute atomic E-state index is 13.6. The standard InChI is InChI=1S/C18H18Cl2FNOS2/c19-14-6-4-13(5-7-14)10-25-12-18(23)22-8-9-24-11-15-16(20)2-1-3-17(15)21/h1-7H,8-12H2,(H,22,23). The van der Waals surface area contributed by atoms with Crippen molar-refractivity contribution in [2.75, 3.05) is 18.1 Å². The van der Waals surface area contributed by atoms with E-state index in [1.54, 1.807) is 35.7 Å². The van der Waals surface area contributed by atoms with E-state index < -0.39 is 0 Å². The minimum atomic E-state index is -0.289. The highest BCUT2D eigenvalue weighted by Gasteiger charge is 2.07. The summed E-state index contributed by atoms with van der Waals surface area (Å²) >= 11 is 14.9. The van der Waals surface area contributed by atoms with Crippen molar-refractivity contribution in [3.05, 3.63) is 69.5 Å². The van der Waals surface area contributed by atoms with E-state index in [-0.39, 0.29) is 11.7 Å². The van der Waals surface area contributed by atoms with Gasteiger partial charge in [-0.1, -0.05) is 41.4 Å². The molecule has 0 fully saturated rings. The quantitative estimate of drug-likeness (QED) is 0.552. The van der Waals surface area contributed by atoms with Gasteiger partial charge < -0.3 is 5.32 Å². The molecule has 1 N–H and O–H groups in total. The lowest BCUT2D eigenvalue weighted by Gasteiger charge is -2.07. The van der Waals surface area contributed by atoms with Crippen molar-refractivity contribution in [3.63, 3.8) is 0 Å². The van der Waals surface area contributed by atoms with Crippen LogP contribution in [-0.2, 0) is 16.3 Å². The van der Waals surface area contributed by atoms with E-state index in [1.165, 1.54) is 6.07 Å². The summed E-state index contributed by atoms with van der Waals surface area (Å²) in [5, 5.41) is 4.01. The summed E-state index contributed by atoms with van der Waals surface area (Å²) in [4.78, 5) is 11.8. The minimum absolute atomic E-state index is 0.00323. The average molecular weight is 418 g/mol. The molecule has 2 nitrogen and oxygen atoms in total. The van der Waals surface area contributed by atoms with E-state index in [0.29, 0.717) is 39.4 Å².